The predicted molar refractivity (Wildman–Crippen MR) is 126 cm³/mol. The maximum absolute atomic E-state index is 12.4. The molecule has 0 aromatic heterocycles. The fourth-order valence-electron chi connectivity index (χ4n) is 4.37. The Morgan fingerprint density at radius 1 is 1.19 bits per heavy atom. The number of Topliss-reactive ketones (excluding diaryl/α,β-unsaturated/α-hetero) is 1. The molecule has 2 atom stereocenters. The molecule has 5 nitrogen and oxygen atoms in total. The number of carbonyl (C=O) groups excluding carboxylic acids is 1. The molecule has 5 heteroatoms. The number of rotatable bonds is 13. The molecule has 0 spiro atoms. The zero-order chi connectivity index (χ0) is 23.4. The third-order valence-corrected chi connectivity index (χ3v) is 6.53. The van der Waals surface area contributed by atoms with Gasteiger partial charge in [-0.25, -0.2) is 0 Å². The van der Waals surface area contributed by atoms with E-state index in [1.807, 2.05) is 0 Å². The molecular weight excluding hydrogens is 404 g/mol. The molecule has 1 saturated heterocycles. The Kier molecular flexibility index (Phi) is 11.5. The average Bonchev–Trinajstić information content (AvgIpc) is 3.12. The molecule has 0 aromatic carbocycles. The van der Waals surface area contributed by atoms with Crippen molar-refractivity contribution in [2.45, 2.75) is 123 Å². The van der Waals surface area contributed by atoms with E-state index in [9.17, 15) is 9.59 Å². The molecular formula is C27H42O5. The molecule has 1 fully saturated rings. The summed E-state index contributed by atoms with van der Waals surface area (Å²) in [5, 5.41) is 8.74. The van der Waals surface area contributed by atoms with Gasteiger partial charge in [0.15, 0.2) is 12.1 Å². The van der Waals surface area contributed by atoms with E-state index in [4.69, 9.17) is 14.6 Å². The highest BCUT2D eigenvalue weighted by atomic mass is 16.7. The molecule has 0 bridgehead atoms. The molecule has 32 heavy (non-hydrogen) atoms. The fourth-order valence-corrected chi connectivity index (χ4v) is 4.37. The first kappa shape index (κ1) is 26.6. The number of ether oxygens (including phenoxy) is 2. The molecule has 2 aliphatic rings. The minimum Gasteiger partial charge on any atom is -0.481 e. The van der Waals surface area contributed by atoms with Crippen LogP contribution in [0.4, 0.5) is 0 Å². The van der Waals surface area contributed by atoms with Crippen molar-refractivity contribution < 1.29 is 24.2 Å². The Bertz CT molecular complexity index is 703. The van der Waals surface area contributed by atoms with E-state index in [0.717, 1.165) is 88.4 Å². The predicted octanol–water partition coefficient (Wildman–Crippen LogP) is 6.20. The number of hydrogen-bond acceptors (Lipinski definition) is 4. The van der Waals surface area contributed by atoms with Gasteiger partial charge in [0.1, 0.15) is 6.10 Å². The number of hydrogen-bond donors (Lipinski definition) is 1. The van der Waals surface area contributed by atoms with E-state index in [2.05, 4.69) is 32.6 Å². The number of unbranched alkanes of at least 4 members (excludes halogenated alkanes) is 4. The molecule has 1 N–H and O–H groups in total. The van der Waals surface area contributed by atoms with E-state index in [1.165, 1.54) is 0 Å². The first-order valence-electron chi connectivity index (χ1n) is 12.6. The second-order valence-corrected chi connectivity index (χ2v) is 9.86. The molecule has 1 heterocycles. The zero-order valence-electron chi connectivity index (χ0n) is 20.3. The van der Waals surface area contributed by atoms with Crippen LogP contribution in [0, 0.1) is 17.3 Å². The molecule has 1 aliphatic carbocycles. The lowest BCUT2D eigenvalue weighted by molar-refractivity contribution is -0.195. The summed E-state index contributed by atoms with van der Waals surface area (Å²) in [5.41, 5.74) is 1.77. The van der Waals surface area contributed by atoms with Gasteiger partial charge in [0.25, 0.3) is 0 Å². The van der Waals surface area contributed by atoms with Crippen molar-refractivity contribution in [2.75, 3.05) is 6.61 Å². The van der Waals surface area contributed by atoms with Crippen LogP contribution in [0.15, 0.2) is 11.1 Å². The highest BCUT2D eigenvalue weighted by Crippen LogP contribution is 2.33. The third-order valence-electron chi connectivity index (χ3n) is 6.53. The van der Waals surface area contributed by atoms with Gasteiger partial charge in [-0.05, 0) is 51.4 Å². The summed E-state index contributed by atoms with van der Waals surface area (Å²) in [5.74, 6) is 6.23. The Hall–Kier alpha value is -1.64. The average molecular weight is 447 g/mol. The van der Waals surface area contributed by atoms with Crippen LogP contribution in [0.2, 0.25) is 0 Å². The Balaban J connectivity index is 2.05. The van der Waals surface area contributed by atoms with Crippen molar-refractivity contribution in [3.8, 4) is 11.8 Å². The molecule has 0 radical (unpaired) electrons. The number of carbonyl (C=O) groups is 2. The van der Waals surface area contributed by atoms with Crippen molar-refractivity contribution >= 4 is 11.8 Å². The van der Waals surface area contributed by atoms with Crippen molar-refractivity contribution in [1.82, 2.24) is 0 Å². The Morgan fingerprint density at radius 3 is 2.66 bits per heavy atom. The highest BCUT2D eigenvalue weighted by Gasteiger charge is 2.32. The highest BCUT2D eigenvalue weighted by molar-refractivity contribution is 5.99. The number of carboxylic acid groups (broad SMARTS) is 1. The standard InChI is InChI=1S/C27H42O5/c1-4-5-19-27(2,3)24(32-26-14-10-11-20-31-26)18-16-21-15-17-23(28)22(21)12-8-6-7-9-13-25(29)30/h24,26H,4-15,17,19-20H2,1-3H3,(H,29,30). The van der Waals surface area contributed by atoms with Crippen molar-refractivity contribution in [3.63, 3.8) is 0 Å². The normalized spacial score (nSPS) is 20.2. The lowest BCUT2D eigenvalue weighted by Crippen LogP contribution is -2.36. The third kappa shape index (κ3) is 9.08. The second-order valence-electron chi connectivity index (χ2n) is 9.86. The van der Waals surface area contributed by atoms with Gasteiger partial charge in [0.05, 0.1) is 0 Å². The Labute approximate surface area is 194 Å². The van der Waals surface area contributed by atoms with E-state index >= 15 is 0 Å². The summed E-state index contributed by atoms with van der Waals surface area (Å²) in [7, 11) is 0. The lowest BCUT2D eigenvalue weighted by Gasteiger charge is -2.34. The lowest BCUT2D eigenvalue weighted by atomic mass is 9.81. The van der Waals surface area contributed by atoms with Gasteiger partial charge in [-0.2, -0.15) is 0 Å². The first-order valence-corrected chi connectivity index (χ1v) is 12.6. The van der Waals surface area contributed by atoms with Gasteiger partial charge < -0.3 is 14.6 Å². The SMILES string of the molecule is CCCCC(C)(C)C(C#CC1=C(CCCCCCC(=O)O)C(=O)CC1)OC1CCCCO1. The fraction of sp³-hybridized carbons (Fsp3) is 0.778. The van der Waals surface area contributed by atoms with E-state index in [0.29, 0.717) is 12.8 Å². The first-order chi connectivity index (χ1) is 15.3. The van der Waals surface area contributed by atoms with Crippen molar-refractivity contribution in [2.24, 2.45) is 5.41 Å². The monoisotopic (exact) mass is 446 g/mol. The van der Waals surface area contributed by atoms with Crippen LogP contribution in [0.5, 0.6) is 0 Å². The summed E-state index contributed by atoms with van der Waals surface area (Å²) in [6.07, 6.45) is 11.7. The van der Waals surface area contributed by atoms with Crippen LogP contribution in [-0.2, 0) is 19.1 Å². The van der Waals surface area contributed by atoms with Gasteiger partial charge in [-0.3, -0.25) is 9.59 Å². The quantitative estimate of drug-likeness (QED) is 0.269. The Morgan fingerprint density at radius 2 is 1.97 bits per heavy atom. The summed E-state index contributed by atoms with van der Waals surface area (Å²) in [6, 6.07) is 0. The maximum Gasteiger partial charge on any atom is 0.303 e. The van der Waals surface area contributed by atoms with Gasteiger partial charge in [0.2, 0.25) is 0 Å². The summed E-state index contributed by atoms with van der Waals surface area (Å²) >= 11 is 0. The van der Waals surface area contributed by atoms with Gasteiger partial charge in [-0.1, -0.05) is 58.3 Å². The maximum atomic E-state index is 12.4. The van der Waals surface area contributed by atoms with Crippen LogP contribution in [-0.4, -0.2) is 35.9 Å². The van der Waals surface area contributed by atoms with Gasteiger partial charge in [0, 0.05) is 36.0 Å². The molecule has 0 amide bonds. The molecule has 180 valence electrons. The molecule has 0 saturated carbocycles. The number of aliphatic carboxylic acids is 1. The van der Waals surface area contributed by atoms with Crippen LogP contribution in [0.3, 0.4) is 0 Å². The van der Waals surface area contributed by atoms with E-state index < -0.39 is 5.97 Å². The molecule has 0 aromatic rings. The van der Waals surface area contributed by atoms with Crippen molar-refractivity contribution in [1.29, 1.82) is 0 Å². The minimum atomic E-state index is -0.742. The summed E-state index contributed by atoms with van der Waals surface area (Å²) < 4.78 is 12.2. The smallest absolute Gasteiger partial charge is 0.303 e. The van der Waals surface area contributed by atoms with Crippen LogP contribution < -0.4 is 0 Å². The zero-order valence-corrected chi connectivity index (χ0v) is 20.3. The molecule has 2 rings (SSSR count). The summed E-state index contributed by atoms with van der Waals surface area (Å²) in [4.78, 5) is 23.1. The van der Waals surface area contributed by atoms with E-state index in [1.54, 1.807) is 0 Å². The number of ketones is 1. The molecule has 2 unspecified atom stereocenters. The molecule has 1 aliphatic heterocycles. The van der Waals surface area contributed by atoms with Crippen LogP contribution in [0.25, 0.3) is 0 Å². The van der Waals surface area contributed by atoms with Crippen LogP contribution in [0.1, 0.15) is 111 Å². The number of carboxylic acids is 1. The van der Waals surface area contributed by atoms with E-state index in [-0.39, 0.29) is 30.0 Å². The second kappa shape index (κ2) is 13.8. The van der Waals surface area contributed by atoms with Crippen molar-refractivity contribution in [3.05, 3.63) is 11.1 Å². The van der Waals surface area contributed by atoms with Crippen LogP contribution >= 0.6 is 0 Å². The summed E-state index contributed by atoms with van der Waals surface area (Å²) in [6.45, 7) is 7.38. The minimum absolute atomic E-state index is 0.0860. The largest absolute Gasteiger partial charge is 0.481 e. The topological polar surface area (TPSA) is 72.8 Å². The number of allylic oxidation sites excluding steroid dienone is 2. The van der Waals surface area contributed by atoms with Gasteiger partial charge >= 0.3 is 5.97 Å². The van der Waals surface area contributed by atoms with Gasteiger partial charge in [-0.15, -0.1) is 0 Å².